The minimum absolute atomic E-state index is 0.0654. The molecule has 1 aliphatic rings. The van der Waals surface area contributed by atoms with E-state index in [1.165, 1.54) is 11.8 Å². The highest BCUT2D eigenvalue weighted by Gasteiger charge is 2.31. The Morgan fingerprint density at radius 2 is 2.00 bits per heavy atom. The minimum atomic E-state index is -0.0654. The molecule has 1 aromatic carbocycles. The smallest absolute Gasteiger partial charge is 0.170 e. The molecule has 5 heteroatoms. The Labute approximate surface area is 131 Å². The maximum Gasteiger partial charge on any atom is 0.170 e. The summed E-state index contributed by atoms with van der Waals surface area (Å²) in [5.41, 5.74) is 1.08. The van der Waals surface area contributed by atoms with E-state index < -0.39 is 0 Å². The average Bonchev–Trinajstić information content (AvgIpc) is 3.02. The molecule has 0 bridgehead atoms. The number of para-hydroxylation sites is 1. The maximum atomic E-state index is 12.2. The van der Waals surface area contributed by atoms with Crippen molar-refractivity contribution in [2.24, 2.45) is 4.99 Å². The van der Waals surface area contributed by atoms with Crippen LogP contribution in [-0.4, -0.2) is 15.9 Å². The number of aliphatic hydroxyl groups is 1. The lowest BCUT2D eigenvalue weighted by atomic mass is 10.1. The van der Waals surface area contributed by atoms with E-state index in [1.807, 2.05) is 47.8 Å². The number of thioether (sulfide) groups is 1. The summed E-state index contributed by atoms with van der Waals surface area (Å²) in [6, 6.07) is 13.5. The van der Waals surface area contributed by atoms with Crippen molar-refractivity contribution in [3.8, 4) is 0 Å². The van der Waals surface area contributed by atoms with Gasteiger partial charge in [0, 0.05) is 11.3 Å². The molecule has 2 aromatic rings. The predicted octanol–water partition coefficient (Wildman–Crippen LogP) is 4.67. The molecule has 1 saturated heterocycles. The molecule has 1 fully saturated rings. The topological polar surface area (TPSA) is 49.7 Å². The Morgan fingerprint density at radius 3 is 2.67 bits per heavy atom. The van der Waals surface area contributed by atoms with E-state index in [-0.39, 0.29) is 11.0 Å². The van der Waals surface area contributed by atoms with E-state index in [9.17, 15) is 9.90 Å². The lowest BCUT2D eigenvalue weighted by Gasteiger charge is -2.22. The number of nitrogens with zero attached hydrogens (tertiary/aromatic N) is 1. The van der Waals surface area contributed by atoms with Crippen molar-refractivity contribution in [3.63, 3.8) is 0 Å². The Bertz CT molecular complexity index is 690. The number of hydrogen-bond acceptors (Lipinski definition) is 5. The molecule has 3 rings (SSSR count). The lowest BCUT2D eigenvalue weighted by Crippen LogP contribution is -2.20. The van der Waals surface area contributed by atoms with Crippen molar-refractivity contribution in [2.75, 3.05) is 0 Å². The van der Waals surface area contributed by atoms with Crippen molar-refractivity contribution in [3.05, 3.63) is 64.6 Å². The van der Waals surface area contributed by atoms with Gasteiger partial charge in [-0.2, -0.15) is 0 Å². The predicted molar refractivity (Wildman–Crippen MR) is 88.5 cm³/mol. The molecule has 0 saturated carbocycles. The molecule has 1 atom stereocenters. The second kappa shape index (κ2) is 6.28. The van der Waals surface area contributed by atoms with Crippen LogP contribution in [0.4, 0.5) is 5.69 Å². The SMILES string of the molecule is O=C1CC(c2cccs2)SC(=Nc2ccccc2)/C1=C/O. The van der Waals surface area contributed by atoms with Crippen molar-refractivity contribution < 1.29 is 9.90 Å². The number of carbonyl (C=O) groups excluding carboxylic acids is 1. The fourth-order valence-corrected chi connectivity index (χ4v) is 4.27. The van der Waals surface area contributed by atoms with Gasteiger partial charge in [-0.3, -0.25) is 4.79 Å². The molecule has 1 aliphatic heterocycles. The van der Waals surface area contributed by atoms with Crippen molar-refractivity contribution in [1.82, 2.24) is 0 Å². The van der Waals surface area contributed by atoms with E-state index in [0.29, 0.717) is 17.0 Å². The third-order valence-corrected chi connectivity index (χ3v) is 5.51. The number of carbonyl (C=O) groups is 1. The Balaban J connectivity index is 1.95. The first-order chi connectivity index (χ1) is 10.3. The van der Waals surface area contributed by atoms with Crippen LogP contribution in [0.1, 0.15) is 16.5 Å². The number of aliphatic hydroxyl groups excluding tert-OH is 1. The van der Waals surface area contributed by atoms with Crippen LogP contribution in [0.2, 0.25) is 0 Å². The number of benzene rings is 1. The molecule has 0 aliphatic carbocycles. The van der Waals surface area contributed by atoms with Crippen LogP contribution in [0.3, 0.4) is 0 Å². The average molecular weight is 315 g/mol. The van der Waals surface area contributed by atoms with Gasteiger partial charge in [0.1, 0.15) is 5.04 Å². The highest BCUT2D eigenvalue weighted by molar-refractivity contribution is 8.15. The number of rotatable bonds is 2. The zero-order valence-electron chi connectivity index (χ0n) is 11.1. The van der Waals surface area contributed by atoms with Gasteiger partial charge in [-0.05, 0) is 23.6 Å². The standard InChI is InChI=1S/C16H13NO2S2/c18-10-12-13(19)9-15(14-7-4-8-20-14)21-16(12)17-11-5-2-1-3-6-11/h1-8,10,15,18H,9H2/b12-10+,17-16?. The molecule has 0 spiro atoms. The minimum Gasteiger partial charge on any atom is -0.515 e. The summed E-state index contributed by atoms with van der Waals surface area (Å²) in [4.78, 5) is 17.9. The fraction of sp³-hybridized carbons (Fsp3) is 0.125. The van der Waals surface area contributed by atoms with Gasteiger partial charge in [0.2, 0.25) is 0 Å². The van der Waals surface area contributed by atoms with Gasteiger partial charge < -0.3 is 5.11 Å². The largest absolute Gasteiger partial charge is 0.515 e. The summed E-state index contributed by atoms with van der Waals surface area (Å²) in [5.74, 6) is -0.0654. The van der Waals surface area contributed by atoms with Crippen LogP contribution >= 0.6 is 23.1 Å². The lowest BCUT2D eigenvalue weighted by molar-refractivity contribution is -0.115. The molecule has 0 radical (unpaired) electrons. The van der Waals surface area contributed by atoms with Gasteiger partial charge in [0.15, 0.2) is 5.78 Å². The molecule has 1 unspecified atom stereocenters. The molecule has 1 N–H and O–H groups in total. The van der Waals surface area contributed by atoms with E-state index in [1.54, 1.807) is 11.3 Å². The summed E-state index contributed by atoms with van der Waals surface area (Å²) in [5, 5.41) is 12.0. The van der Waals surface area contributed by atoms with Crippen LogP contribution in [0.15, 0.2) is 64.7 Å². The molecule has 3 nitrogen and oxygen atoms in total. The summed E-state index contributed by atoms with van der Waals surface area (Å²) in [6.07, 6.45) is 1.27. The number of ketones is 1. The zero-order valence-corrected chi connectivity index (χ0v) is 12.7. The Kier molecular flexibility index (Phi) is 4.22. The van der Waals surface area contributed by atoms with E-state index in [4.69, 9.17) is 0 Å². The van der Waals surface area contributed by atoms with E-state index in [0.717, 1.165) is 16.8 Å². The molecule has 1 aromatic heterocycles. The van der Waals surface area contributed by atoms with E-state index in [2.05, 4.69) is 4.99 Å². The first kappa shape index (κ1) is 14.1. The monoisotopic (exact) mass is 315 g/mol. The van der Waals surface area contributed by atoms with Crippen LogP contribution in [0.25, 0.3) is 0 Å². The number of Topliss-reactive ketones (excluding diaryl/α,β-unsaturated/α-hetero) is 1. The quantitative estimate of drug-likeness (QED) is 0.647. The van der Waals surface area contributed by atoms with Gasteiger partial charge in [-0.1, -0.05) is 36.0 Å². The molecular formula is C16H13NO2S2. The van der Waals surface area contributed by atoms with Gasteiger partial charge in [0.25, 0.3) is 0 Å². The van der Waals surface area contributed by atoms with Crippen LogP contribution in [0.5, 0.6) is 0 Å². The van der Waals surface area contributed by atoms with Gasteiger partial charge >= 0.3 is 0 Å². The highest BCUT2D eigenvalue weighted by Crippen LogP contribution is 2.42. The number of thiophene rings is 1. The number of aliphatic imine (C=N–C) groups is 1. The van der Waals surface area contributed by atoms with Crippen molar-refractivity contribution in [2.45, 2.75) is 11.7 Å². The second-order valence-electron chi connectivity index (χ2n) is 4.54. The highest BCUT2D eigenvalue weighted by atomic mass is 32.2. The van der Waals surface area contributed by atoms with E-state index >= 15 is 0 Å². The normalized spacial score (nSPS) is 22.9. The Morgan fingerprint density at radius 1 is 1.19 bits per heavy atom. The first-order valence-electron chi connectivity index (χ1n) is 6.49. The number of hydrogen-bond donors (Lipinski definition) is 1. The molecule has 2 heterocycles. The molecule has 106 valence electrons. The van der Waals surface area contributed by atoms with Crippen LogP contribution < -0.4 is 0 Å². The third kappa shape index (κ3) is 3.09. The van der Waals surface area contributed by atoms with Gasteiger partial charge in [-0.15, -0.1) is 11.3 Å². The van der Waals surface area contributed by atoms with Gasteiger partial charge in [0.05, 0.1) is 22.8 Å². The molecular weight excluding hydrogens is 302 g/mol. The van der Waals surface area contributed by atoms with Crippen LogP contribution in [-0.2, 0) is 4.79 Å². The van der Waals surface area contributed by atoms with Crippen molar-refractivity contribution >= 4 is 39.6 Å². The van der Waals surface area contributed by atoms with Gasteiger partial charge in [-0.25, -0.2) is 4.99 Å². The summed E-state index contributed by atoms with van der Waals surface area (Å²) in [6.45, 7) is 0. The summed E-state index contributed by atoms with van der Waals surface area (Å²) < 4.78 is 0. The maximum absolute atomic E-state index is 12.2. The van der Waals surface area contributed by atoms with Crippen LogP contribution in [0, 0.1) is 0 Å². The first-order valence-corrected chi connectivity index (χ1v) is 8.25. The fourth-order valence-electron chi connectivity index (χ4n) is 2.10. The third-order valence-electron chi connectivity index (χ3n) is 3.13. The zero-order chi connectivity index (χ0) is 14.7. The summed E-state index contributed by atoms with van der Waals surface area (Å²) >= 11 is 3.17. The van der Waals surface area contributed by atoms with Crippen molar-refractivity contribution in [1.29, 1.82) is 0 Å². The molecule has 0 amide bonds. The molecule has 21 heavy (non-hydrogen) atoms. The summed E-state index contributed by atoms with van der Waals surface area (Å²) in [7, 11) is 0. The second-order valence-corrected chi connectivity index (χ2v) is 6.72. The Hall–Kier alpha value is -1.85.